The number of thiazole rings is 1. The van der Waals surface area contributed by atoms with Crippen molar-refractivity contribution < 1.29 is 9.53 Å². The lowest BCUT2D eigenvalue weighted by atomic mass is 10.1. The summed E-state index contributed by atoms with van der Waals surface area (Å²) in [5.41, 5.74) is 12.6. The standard InChI is InChI=1S/C26H25N5O2S2/c1-17(18-6-9-21(10-7-18)30-12-14-33-15-13-30)28-29-25(32)23-24(27)31(26(34)35-23)22-11-8-19-4-2-3-5-20(19)16-22/h2-11,16H,12-15,27H2,1H3,(H,29,32)/b28-17-. The number of nitrogens with two attached hydrogens (primary N) is 1. The molecule has 2 heterocycles. The fraction of sp³-hybridized carbons (Fsp3) is 0.192. The quantitative estimate of drug-likeness (QED) is 0.228. The minimum absolute atomic E-state index is 0.301. The van der Waals surface area contributed by atoms with Crippen LogP contribution in [-0.4, -0.2) is 42.5 Å². The first-order valence-electron chi connectivity index (χ1n) is 11.3. The van der Waals surface area contributed by atoms with Crippen LogP contribution < -0.4 is 16.1 Å². The van der Waals surface area contributed by atoms with Gasteiger partial charge in [0, 0.05) is 24.5 Å². The monoisotopic (exact) mass is 503 g/mol. The Labute approximate surface area is 212 Å². The van der Waals surface area contributed by atoms with Crippen molar-refractivity contribution in [2.24, 2.45) is 5.10 Å². The van der Waals surface area contributed by atoms with Crippen LogP contribution in [0.2, 0.25) is 0 Å². The molecule has 0 aliphatic carbocycles. The van der Waals surface area contributed by atoms with Gasteiger partial charge in [0.2, 0.25) is 0 Å². The number of hydrogen-bond acceptors (Lipinski definition) is 7. The minimum atomic E-state index is -0.387. The van der Waals surface area contributed by atoms with E-state index in [1.165, 1.54) is 11.3 Å². The largest absolute Gasteiger partial charge is 0.383 e. The average molecular weight is 504 g/mol. The number of nitrogens with one attached hydrogen (secondary N) is 1. The second-order valence-corrected chi connectivity index (χ2v) is 9.88. The summed E-state index contributed by atoms with van der Waals surface area (Å²) in [4.78, 5) is 15.5. The van der Waals surface area contributed by atoms with E-state index < -0.39 is 0 Å². The Morgan fingerprint density at radius 3 is 2.46 bits per heavy atom. The first-order chi connectivity index (χ1) is 17.0. The molecule has 1 aliphatic rings. The second-order valence-electron chi connectivity index (χ2n) is 8.23. The highest BCUT2D eigenvalue weighted by molar-refractivity contribution is 7.73. The third kappa shape index (κ3) is 4.84. The molecule has 4 aromatic rings. The third-order valence-corrected chi connectivity index (χ3v) is 7.42. The van der Waals surface area contributed by atoms with Gasteiger partial charge in [-0.05, 0) is 59.7 Å². The summed E-state index contributed by atoms with van der Waals surface area (Å²) in [7, 11) is 0. The van der Waals surface area contributed by atoms with Crippen molar-refractivity contribution in [3.63, 3.8) is 0 Å². The normalized spacial score (nSPS) is 14.3. The molecule has 3 aromatic carbocycles. The number of morpholine rings is 1. The van der Waals surface area contributed by atoms with E-state index >= 15 is 0 Å². The van der Waals surface area contributed by atoms with E-state index in [0.717, 1.165) is 54.0 Å². The molecule has 1 saturated heterocycles. The van der Waals surface area contributed by atoms with Crippen LogP contribution >= 0.6 is 23.6 Å². The van der Waals surface area contributed by atoms with E-state index in [-0.39, 0.29) is 5.91 Å². The maximum atomic E-state index is 12.9. The van der Waals surface area contributed by atoms with E-state index in [1.807, 2.05) is 61.5 Å². The highest BCUT2D eigenvalue weighted by atomic mass is 32.1. The van der Waals surface area contributed by atoms with Gasteiger partial charge >= 0.3 is 0 Å². The summed E-state index contributed by atoms with van der Waals surface area (Å²) in [5.74, 6) is -0.0853. The van der Waals surface area contributed by atoms with Crippen molar-refractivity contribution in [1.82, 2.24) is 9.99 Å². The molecule has 1 aromatic heterocycles. The third-order valence-electron chi connectivity index (χ3n) is 6.03. The van der Waals surface area contributed by atoms with Gasteiger partial charge in [-0.1, -0.05) is 53.8 Å². The molecular formula is C26H25N5O2S2. The molecule has 0 atom stereocenters. The molecule has 7 nitrogen and oxygen atoms in total. The number of ether oxygens (including phenoxy) is 1. The number of nitrogen functional groups attached to an aromatic ring is 1. The molecule has 5 rings (SSSR count). The molecule has 35 heavy (non-hydrogen) atoms. The molecule has 3 N–H and O–H groups in total. The molecule has 0 spiro atoms. The van der Waals surface area contributed by atoms with Crippen molar-refractivity contribution in [3.8, 4) is 5.69 Å². The number of amides is 1. The lowest BCUT2D eigenvalue weighted by Crippen LogP contribution is -2.36. The Morgan fingerprint density at radius 2 is 1.71 bits per heavy atom. The van der Waals surface area contributed by atoms with Crippen LogP contribution in [0.5, 0.6) is 0 Å². The zero-order valence-electron chi connectivity index (χ0n) is 19.2. The predicted molar refractivity (Wildman–Crippen MR) is 146 cm³/mol. The van der Waals surface area contributed by atoms with E-state index in [2.05, 4.69) is 27.6 Å². The van der Waals surface area contributed by atoms with Gasteiger partial charge in [-0.25, -0.2) is 5.43 Å². The second kappa shape index (κ2) is 9.99. The zero-order valence-corrected chi connectivity index (χ0v) is 20.9. The number of fused-ring (bicyclic) bond motifs is 1. The number of hydrazone groups is 1. The van der Waals surface area contributed by atoms with Crippen molar-refractivity contribution in [2.75, 3.05) is 36.9 Å². The van der Waals surface area contributed by atoms with Gasteiger partial charge in [-0.3, -0.25) is 9.36 Å². The van der Waals surface area contributed by atoms with Crippen LogP contribution in [0.15, 0.2) is 71.8 Å². The van der Waals surface area contributed by atoms with E-state index in [9.17, 15) is 4.79 Å². The van der Waals surface area contributed by atoms with Gasteiger partial charge in [-0.15, -0.1) is 0 Å². The van der Waals surface area contributed by atoms with Gasteiger partial charge in [0.1, 0.15) is 10.7 Å². The minimum Gasteiger partial charge on any atom is -0.383 e. The van der Waals surface area contributed by atoms with Crippen molar-refractivity contribution in [3.05, 3.63) is 81.1 Å². The van der Waals surface area contributed by atoms with Gasteiger partial charge in [0.05, 0.1) is 18.9 Å². The predicted octanol–water partition coefficient (Wildman–Crippen LogP) is 4.99. The lowest BCUT2D eigenvalue weighted by molar-refractivity contribution is 0.0959. The van der Waals surface area contributed by atoms with Crippen molar-refractivity contribution >= 4 is 57.5 Å². The maximum Gasteiger partial charge on any atom is 0.285 e. The van der Waals surface area contributed by atoms with Crippen LogP contribution in [0.25, 0.3) is 16.5 Å². The summed E-state index contributed by atoms with van der Waals surface area (Å²) in [5, 5.41) is 6.49. The number of benzene rings is 3. The lowest BCUT2D eigenvalue weighted by Gasteiger charge is -2.28. The summed E-state index contributed by atoms with van der Waals surface area (Å²) < 4.78 is 7.64. The van der Waals surface area contributed by atoms with Gasteiger partial charge in [0.25, 0.3) is 5.91 Å². The first-order valence-corrected chi connectivity index (χ1v) is 12.5. The fourth-order valence-electron chi connectivity index (χ4n) is 4.09. The number of carbonyl (C=O) groups is 1. The topological polar surface area (TPSA) is 84.9 Å². The van der Waals surface area contributed by atoms with E-state index in [4.69, 9.17) is 22.7 Å². The van der Waals surface area contributed by atoms with E-state index in [0.29, 0.717) is 20.4 Å². The van der Waals surface area contributed by atoms with Crippen LogP contribution in [0.4, 0.5) is 11.5 Å². The van der Waals surface area contributed by atoms with Gasteiger partial charge in [0.15, 0.2) is 3.95 Å². The SMILES string of the molecule is C/C(=N/NC(=O)c1sc(=S)n(-c2ccc3ccccc3c2)c1N)c1ccc(N2CCOCC2)cc1. The van der Waals surface area contributed by atoms with Crippen LogP contribution in [-0.2, 0) is 4.74 Å². The molecule has 1 amide bonds. The Morgan fingerprint density at radius 1 is 1.03 bits per heavy atom. The molecular weight excluding hydrogens is 478 g/mol. The molecule has 0 bridgehead atoms. The smallest absolute Gasteiger partial charge is 0.285 e. The molecule has 1 fully saturated rings. The van der Waals surface area contributed by atoms with Crippen LogP contribution in [0, 0.1) is 3.95 Å². The number of nitrogens with zero attached hydrogens (tertiary/aromatic N) is 3. The number of rotatable bonds is 5. The maximum absolute atomic E-state index is 12.9. The number of carbonyl (C=O) groups excluding carboxylic acids is 1. The first kappa shape index (κ1) is 23.2. The summed E-state index contributed by atoms with van der Waals surface area (Å²) >= 11 is 6.71. The Kier molecular flexibility index (Phi) is 6.63. The Hall–Kier alpha value is -3.53. The molecule has 0 saturated carbocycles. The average Bonchev–Trinajstić information content (AvgIpc) is 3.21. The Bertz CT molecular complexity index is 1470. The van der Waals surface area contributed by atoms with Crippen LogP contribution in [0.3, 0.4) is 0 Å². The molecule has 9 heteroatoms. The number of hydrogen-bond donors (Lipinski definition) is 2. The molecule has 0 unspecified atom stereocenters. The zero-order chi connectivity index (χ0) is 24.4. The number of aromatic nitrogens is 1. The number of anilines is 2. The van der Waals surface area contributed by atoms with Crippen molar-refractivity contribution in [2.45, 2.75) is 6.92 Å². The Balaban J connectivity index is 1.33. The van der Waals surface area contributed by atoms with Crippen LogP contribution in [0.1, 0.15) is 22.2 Å². The summed E-state index contributed by atoms with van der Waals surface area (Å²) in [6, 6.07) is 22.2. The summed E-state index contributed by atoms with van der Waals surface area (Å²) in [6.45, 7) is 5.11. The van der Waals surface area contributed by atoms with Crippen molar-refractivity contribution in [1.29, 1.82) is 0 Å². The summed E-state index contributed by atoms with van der Waals surface area (Å²) in [6.07, 6.45) is 0. The van der Waals surface area contributed by atoms with Gasteiger partial charge in [-0.2, -0.15) is 5.10 Å². The molecule has 1 aliphatic heterocycles. The van der Waals surface area contributed by atoms with Gasteiger partial charge < -0.3 is 15.4 Å². The highest BCUT2D eigenvalue weighted by Gasteiger charge is 2.18. The van der Waals surface area contributed by atoms with E-state index in [1.54, 1.807) is 4.57 Å². The highest BCUT2D eigenvalue weighted by Crippen LogP contribution is 2.28. The fourth-order valence-corrected chi connectivity index (χ4v) is 5.35. The molecule has 178 valence electrons. The molecule has 0 radical (unpaired) electrons.